The lowest BCUT2D eigenvalue weighted by molar-refractivity contribution is 0.317. The van der Waals surface area contributed by atoms with Crippen molar-refractivity contribution in [1.29, 1.82) is 0 Å². The highest BCUT2D eigenvalue weighted by molar-refractivity contribution is 5.83. The molecular formula is C17H22N4O2. The number of hydrogen-bond acceptors (Lipinski definition) is 5. The number of ether oxygens (including phenoxy) is 1. The number of H-pyrrole nitrogens is 1. The Balaban J connectivity index is 2.08. The monoisotopic (exact) mass is 314 g/mol. The van der Waals surface area contributed by atoms with Gasteiger partial charge in [-0.2, -0.15) is 5.10 Å². The maximum atomic E-state index is 11.6. The number of aromatic amines is 1. The number of aryl methyl sites for hydroxylation is 1. The summed E-state index contributed by atoms with van der Waals surface area (Å²) in [7, 11) is 0. The van der Waals surface area contributed by atoms with E-state index in [1.165, 1.54) is 6.07 Å². The number of benzene rings is 1. The van der Waals surface area contributed by atoms with Crippen LogP contribution in [-0.4, -0.2) is 22.8 Å². The zero-order chi connectivity index (χ0) is 16.5. The number of aromatic nitrogens is 2. The molecule has 0 spiro atoms. The smallest absolute Gasteiger partial charge is 0.252 e. The largest absolute Gasteiger partial charge is 0.493 e. The van der Waals surface area contributed by atoms with Gasteiger partial charge in [-0.1, -0.05) is 32.4 Å². The van der Waals surface area contributed by atoms with Crippen LogP contribution in [-0.2, 0) is 6.42 Å². The summed E-state index contributed by atoms with van der Waals surface area (Å²) in [6, 6.07) is 9.16. The van der Waals surface area contributed by atoms with Crippen molar-refractivity contribution in [3.8, 4) is 5.75 Å². The molecule has 0 fully saturated rings. The molecule has 1 aromatic heterocycles. The maximum absolute atomic E-state index is 11.6. The molecule has 1 heterocycles. The van der Waals surface area contributed by atoms with Gasteiger partial charge >= 0.3 is 0 Å². The summed E-state index contributed by atoms with van der Waals surface area (Å²) >= 11 is 0. The van der Waals surface area contributed by atoms with Crippen LogP contribution in [0.1, 0.15) is 37.9 Å². The Morgan fingerprint density at radius 2 is 2.13 bits per heavy atom. The molecule has 0 bridgehead atoms. The van der Waals surface area contributed by atoms with Gasteiger partial charge in [0.05, 0.1) is 12.8 Å². The number of para-hydroxylation sites is 1. The van der Waals surface area contributed by atoms with E-state index in [1.807, 2.05) is 31.2 Å². The predicted molar refractivity (Wildman–Crippen MR) is 92.3 cm³/mol. The van der Waals surface area contributed by atoms with Gasteiger partial charge in [-0.15, -0.1) is 0 Å². The minimum Gasteiger partial charge on any atom is -0.493 e. The fourth-order valence-electron chi connectivity index (χ4n) is 2.04. The molecule has 0 atom stereocenters. The summed E-state index contributed by atoms with van der Waals surface area (Å²) in [6.07, 6.45) is 4.29. The second kappa shape index (κ2) is 8.73. The van der Waals surface area contributed by atoms with Gasteiger partial charge in [0.25, 0.3) is 5.56 Å². The molecule has 2 aromatic rings. The minimum absolute atomic E-state index is 0.187. The Labute approximate surface area is 135 Å². The molecule has 6 nitrogen and oxygen atoms in total. The summed E-state index contributed by atoms with van der Waals surface area (Å²) in [4.78, 5) is 18.5. The molecule has 2 N–H and O–H groups in total. The van der Waals surface area contributed by atoms with Crippen LogP contribution in [0.5, 0.6) is 5.75 Å². The highest BCUT2D eigenvalue weighted by atomic mass is 16.5. The average molecular weight is 314 g/mol. The van der Waals surface area contributed by atoms with Gasteiger partial charge in [-0.3, -0.25) is 9.78 Å². The van der Waals surface area contributed by atoms with E-state index >= 15 is 0 Å². The summed E-state index contributed by atoms with van der Waals surface area (Å²) in [5, 5.41) is 4.14. The van der Waals surface area contributed by atoms with Crippen molar-refractivity contribution in [2.45, 2.75) is 33.1 Å². The van der Waals surface area contributed by atoms with E-state index in [-0.39, 0.29) is 5.56 Å². The first kappa shape index (κ1) is 16.7. The van der Waals surface area contributed by atoms with Crippen LogP contribution in [0.15, 0.2) is 40.2 Å². The lowest BCUT2D eigenvalue weighted by Crippen LogP contribution is -2.12. The van der Waals surface area contributed by atoms with Crippen LogP contribution >= 0.6 is 0 Å². The fourth-order valence-corrected chi connectivity index (χ4v) is 2.04. The molecule has 2 rings (SSSR count). The normalized spacial score (nSPS) is 10.9. The third-order valence-corrected chi connectivity index (χ3v) is 3.06. The summed E-state index contributed by atoms with van der Waals surface area (Å²) in [5.41, 5.74) is 4.19. The number of nitrogens with zero attached hydrogens (tertiary/aromatic N) is 2. The highest BCUT2D eigenvalue weighted by Gasteiger charge is 2.01. The average Bonchev–Trinajstić information content (AvgIpc) is 2.54. The Bertz CT molecular complexity index is 710. The predicted octanol–water partition coefficient (Wildman–Crippen LogP) is 2.96. The van der Waals surface area contributed by atoms with Crippen LogP contribution in [0.3, 0.4) is 0 Å². The summed E-state index contributed by atoms with van der Waals surface area (Å²) < 4.78 is 5.67. The van der Waals surface area contributed by atoms with E-state index in [9.17, 15) is 4.79 Å². The number of nitrogens with one attached hydrogen (secondary N) is 2. The van der Waals surface area contributed by atoms with Crippen molar-refractivity contribution in [3.05, 3.63) is 51.9 Å². The molecule has 6 heteroatoms. The lowest BCUT2D eigenvalue weighted by atomic mass is 10.2. The Morgan fingerprint density at radius 3 is 2.91 bits per heavy atom. The standard InChI is InChI=1S/C17H22N4O2/c1-3-7-14-11-16(22)20-17(19-14)21-18-12-13-8-5-6-9-15(13)23-10-4-2/h5-6,8-9,11-12H,3-4,7,10H2,1-2H3,(H2,19,20,21,22)/b18-12+. The van der Waals surface area contributed by atoms with Gasteiger partial charge in [0.1, 0.15) is 5.75 Å². The fraction of sp³-hybridized carbons (Fsp3) is 0.353. The van der Waals surface area contributed by atoms with Crippen molar-refractivity contribution in [2.24, 2.45) is 5.10 Å². The zero-order valence-corrected chi connectivity index (χ0v) is 13.5. The molecule has 0 aliphatic carbocycles. The van der Waals surface area contributed by atoms with E-state index in [2.05, 4.69) is 27.4 Å². The number of anilines is 1. The third-order valence-electron chi connectivity index (χ3n) is 3.06. The van der Waals surface area contributed by atoms with Crippen LogP contribution < -0.4 is 15.7 Å². The number of hydrazone groups is 1. The van der Waals surface area contributed by atoms with Crippen molar-refractivity contribution in [2.75, 3.05) is 12.0 Å². The molecule has 0 amide bonds. The first-order chi connectivity index (χ1) is 11.2. The molecule has 0 saturated carbocycles. The van der Waals surface area contributed by atoms with Crippen LogP contribution in [0.25, 0.3) is 0 Å². The molecule has 122 valence electrons. The molecule has 0 aliphatic rings. The highest BCUT2D eigenvalue weighted by Crippen LogP contribution is 2.16. The van der Waals surface area contributed by atoms with Gasteiger partial charge in [0.15, 0.2) is 0 Å². The first-order valence-corrected chi connectivity index (χ1v) is 7.84. The first-order valence-electron chi connectivity index (χ1n) is 7.84. The van der Waals surface area contributed by atoms with E-state index in [0.29, 0.717) is 12.6 Å². The van der Waals surface area contributed by atoms with Gasteiger partial charge in [0, 0.05) is 17.3 Å². The molecular weight excluding hydrogens is 292 g/mol. The quantitative estimate of drug-likeness (QED) is 0.580. The Kier molecular flexibility index (Phi) is 6.35. The van der Waals surface area contributed by atoms with E-state index in [0.717, 1.165) is 36.3 Å². The van der Waals surface area contributed by atoms with Gasteiger partial charge in [-0.05, 0) is 25.0 Å². The maximum Gasteiger partial charge on any atom is 0.252 e. The number of hydrogen-bond donors (Lipinski definition) is 2. The Morgan fingerprint density at radius 1 is 1.30 bits per heavy atom. The molecule has 0 aliphatic heterocycles. The topological polar surface area (TPSA) is 79.4 Å². The molecule has 23 heavy (non-hydrogen) atoms. The van der Waals surface area contributed by atoms with E-state index in [1.54, 1.807) is 6.21 Å². The molecule has 1 aromatic carbocycles. The van der Waals surface area contributed by atoms with E-state index in [4.69, 9.17) is 4.74 Å². The molecule has 0 radical (unpaired) electrons. The van der Waals surface area contributed by atoms with Crippen molar-refractivity contribution < 1.29 is 4.74 Å². The van der Waals surface area contributed by atoms with Crippen molar-refractivity contribution in [1.82, 2.24) is 9.97 Å². The zero-order valence-electron chi connectivity index (χ0n) is 13.5. The second-order valence-electron chi connectivity index (χ2n) is 5.09. The van der Waals surface area contributed by atoms with Crippen LogP contribution in [0.4, 0.5) is 5.95 Å². The SMILES string of the molecule is CCCOc1ccccc1/C=N/Nc1nc(CCC)cc(=O)[nH]1. The van der Waals surface area contributed by atoms with E-state index < -0.39 is 0 Å². The lowest BCUT2D eigenvalue weighted by Gasteiger charge is -2.07. The van der Waals surface area contributed by atoms with Gasteiger partial charge in [0.2, 0.25) is 5.95 Å². The van der Waals surface area contributed by atoms with Crippen LogP contribution in [0.2, 0.25) is 0 Å². The number of rotatable bonds is 8. The van der Waals surface area contributed by atoms with Gasteiger partial charge in [-0.25, -0.2) is 10.4 Å². The Hall–Kier alpha value is -2.63. The summed E-state index contributed by atoms with van der Waals surface area (Å²) in [5.74, 6) is 1.12. The summed E-state index contributed by atoms with van der Waals surface area (Å²) in [6.45, 7) is 4.76. The molecule has 0 unspecified atom stereocenters. The third kappa shape index (κ3) is 5.25. The van der Waals surface area contributed by atoms with Crippen molar-refractivity contribution in [3.63, 3.8) is 0 Å². The second-order valence-corrected chi connectivity index (χ2v) is 5.09. The van der Waals surface area contributed by atoms with Crippen LogP contribution in [0, 0.1) is 0 Å². The minimum atomic E-state index is -0.187. The van der Waals surface area contributed by atoms with Gasteiger partial charge < -0.3 is 4.74 Å². The van der Waals surface area contributed by atoms with Crippen molar-refractivity contribution >= 4 is 12.2 Å². The molecule has 0 saturated heterocycles.